The fourth-order valence-corrected chi connectivity index (χ4v) is 2.60. The van der Waals surface area contributed by atoms with Gasteiger partial charge in [0.15, 0.2) is 0 Å². The molecule has 1 fully saturated rings. The number of amides is 2. The molecule has 1 saturated heterocycles. The number of halogens is 1. The van der Waals surface area contributed by atoms with Gasteiger partial charge in [-0.2, -0.15) is 0 Å². The lowest BCUT2D eigenvalue weighted by Crippen LogP contribution is -2.51. The summed E-state index contributed by atoms with van der Waals surface area (Å²) >= 11 is 5.98. The number of piperazine rings is 1. The van der Waals surface area contributed by atoms with E-state index in [0.717, 1.165) is 38.3 Å². The van der Waals surface area contributed by atoms with Crippen molar-refractivity contribution in [2.45, 2.75) is 19.9 Å². The second-order valence-electron chi connectivity index (χ2n) is 5.15. The molecule has 4 nitrogen and oxygen atoms in total. The average Bonchev–Trinajstić information content (AvgIpc) is 2.47. The Labute approximate surface area is 125 Å². The zero-order valence-electron chi connectivity index (χ0n) is 12.1. The number of nitrogens with zero attached hydrogens (tertiary/aromatic N) is 2. The topological polar surface area (TPSA) is 35.6 Å². The van der Waals surface area contributed by atoms with E-state index in [1.165, 1.54) is 0 Å². The quantitative estimate of drug-likeness (QED) is 0.931. The predicted octanol–water partition coefficient (Wildman–Crippen LogP) is 2.75. The molecular weight excluding hydrogens is 274 g/mol. The Kier molecular flexibility index (Phi) is 5.26. The molecule has 1 aromatic rings. The summed E-state index contributed by atoms with van der Waals surface area (Å²) in [5, 5.41) is 3.73. The van der Waals surface area contributed by atoms with Crippen molar-refractivity contribution in [3.8, 4) is 0 Å². The van der Waals surface area contributed by atoms with Crippen LogP contribution in [-0.2, 0) is 0 Å². The first-order valence-electron chi connectivity index (χ1n) is 7.13. The number of carbonyl (C=O) groups is 1. The average molecular weight is 296 g/mol. The molecule has 1 N–H and O–H groups in total. The van der Waals surface area contributed by atoms with E-state index in [2.05, 4.69) is 17.1 Å². The molecule has 0 spiro atoms. The van der Waals surface area contributed by atoms with E-state index in [1.807, 2.05) is 36.1 Å². The second kappa shape index (κ2) is 6.95. The Morgan fingerprint density at radius 3 is 2.65 bits per heavy atom. The number of nitrogens with one attached hydrogen (secondary N) is 1. The predicted molar refractivity (Wildman–Crippen MR) is 82.1 cm³/mol. The molecule has 20 heavy (non-hydrogen) atoms. The van der Waals surface area contributed by atoms with Crippen LogP contribution in [0.3, 0.4) is 0 Å². The summed E-state index contributed by atoms with van der Waals surface area (Å²) in [4.78, 5) is 16.5. The minimum absolute atomic E-state index is 0.00762. The lowest BCUT2D eigenvalue weighted by Gasteiger charge is -2.34. The van der Waals surface area contributed by atoms with Crippen LogP contribution in [-0.4, -0.2) is 48.6 Å². The highest BCUT2D eigenvalue weighted by Crippen LogP contribution is 2.17. The van der Waals surface area contributed by atoms with Gasteiger partial charge in [0, 0.05) is 31.2 Å². The maximum Gasteiger partial charge on any atom is 0.317 e. The van der Waals surface area contributed by atoms with E-state index in [4.69, 9.17) is 11.6 Å². The van der Waals surface area contributed by atoms with Crippen molar-refractivity contribution in [3.05, 3.63) is 34.9 Å². The number of urea groups is 1. The monoisotopic (exact) mass is 295 g/mol. The molecule has 0 saturated carbocycles. The third-order valence-electron chi connectivity index (χ3n) is 3.80. The smallest absolute Gasteiger partial charge is 0.317 e. The zero-order valence-corrected chi connectivity index (χ0v) is 12.9. The largest absolute Gasteiger partial charge is 0.331 e. The second-order valence-corrected chi connectivity index (χ2v) is 5.58. The van der Waals surface area contributed by atoms with Crippen molar-refractivity contribution >= 4 is 17.6 Å². The van der Waals surface area contributed by atoms with Crippen LogP contribution in [0.25, 0.3) is 0 Å². The van der Waals surface area contributed by atoms with Gasteiger partial charge in [0.05, 0.1) is 6.04 Å². The minimum Gasteiger partial charge on any atom is -0.331 e. The first kappa shape index (κ1) is 15.1. The molecule has 0 aromatic heterocycles. The number of carbonyl (C=O) groups excluding carboxylic acids is 1. The standard InChI is InChI=1S/C15H22ClN3O/c1-3-18-7-9-19(10-8-18)15(20)17-12(2)13-5-4-6-14(16)11-13/h4-6,11-12H,3,7-10H2,1-2H3,(H,17,20). The molecule has 1 heterocycles. The lowest BCUT2D eigenvalue weighted by atomic mass is 10.1. The molecule has 1 aliphatic rings. The van der Waals surface area contributed by atoms with Crippen LogP contribution in [0.1, 0.15) is 25.5 Å². The fourth-order valence-electron chi connectivity index (χ4n) is 2.40. The Morgan fingerprint density at radius 2 is 2.05 bits per heavy atom. The van der Waals surface area contributed by atoms with Gasteiger partial charge >= 0.3 is 6.03 Å². The van der Waals surface area contributed by atoms with Crippen molar-refractivity contribution < 1.29 is 4.79 Å². The van der Waals surface area contributed by atoms with Crippen molar-refractivity contribution in [1.82, 2.24) is 15.1 Å². The van der Waals surface area contributed by atoms with Crippen molar-refractivity contribution in [2.75, 3.05) is 32.7 Å². The number of benzene rings is 1. The molecule has 110 valence electrons. The van der Waals surface area contributed by atoms with Gasteiger partial charge in [0.1, 0.15) is 0 Å². The summed E-state index contributed by atoms with van der Waals surface area (Å²) in [5.74, 6) is 0. The first-order valence-corrected chi connectivity index (χ1v) is 7.51. The molecule has 1 aromatic carbocycles. The van der Waals surface area contributed by atoms with E-state index < -0.39 is 0 Å². The van der Waals surface area contributed by atoms with Crippen molar-refractivity contribution in [1.29, 1.82) is 0 Å². The van der Waals surface area contributed by atoms with Crippen molar-refractivity contribution in [2.24, 2.45) is 0 Å². The molecule has 2 amide bonds. The minimum atomic E-state index is -0.0367. The molecule has 0 radical (unpaired) electrons. The number of likely N-dealkylation sites (N-methyl/N-ethyl adjacent to an activating group) is 1. The Morgan fingerprint density at radius 1 is 1.35 bits per heavy atom. The van der Waals surface area contributed by atoms with Gasteiger partial charge in [0.2, 0.25) is 0 Å². The Hall–Kier alpha value is -1.26. The van der Waals surface area contributed by atoms with Crippen LogP contribution in [0.5, 0.6) is 0 Å². The maximum absolute atomic E-state index is 12.2. The van der Waals surface area contributed by atoms with Crippen LogP contribution in [0, 0.1) is 0 Å². The molecule has 0 aliphatic carbocycles. The number of hydrogen-bond donors (Lipinski definition) is 1. The van der Waals surface area contributed by atoms with E-state index in [1.54, 1.807) is 0 Å². The maximum atomic E-state index is 12.2. The third kappa shape index (κ3) is 3.87. The highest BCUT2D eigenvalue weighted by Gasteiger charge is 2.21. The summed E-state index contributed by atoms with van der Waals surface area (Å²) in [6.07, 6.45) is 0. The van der Waals surface area contributed by atoms with Gasteiger partial charge in [-0.15, -0.1) is 0 Å². The number of rotatable bonds is 3. The Balaban J connectivity index is 1.88. The molecule has 1 aliphatic heterocycles. The third-order valence-corrected chi connectivity index (χ3v) is 4.03. The summed E-state index contributed by atoms with van der Waals surface area (Å²) in [5.41, 5.74) is 1.03. The van der Waals surface area contributed by atoms with Crippen molar-refractivity contribution in [3.63, 3.8) is 0 Å². The SMILES string of the molecule is CCN1CCN(C(=O)NC(C)c2cccc(Cl)c2)CC1. The van der Waals surface area contributed by atoms with Gasteiger partial charge in [-0.05, 0) is 31.2 Å². The normalized spacial score (nSPS) is 17.9. The summed E-state index contributed by atoms with van der Waals surface area (Å²) < 4.78 is 0. The highest BCUT2D eigenvalue weighted by atomic mass is 35.5. The van der Waals surface area contributed by atoms with Crippen LogP contribution in [0.2, 0.25) is 5.02 Å². The van der Waals surface area contributed by atoms with Crippen LogP contribution in [0.4, 0.5) is 4.79 Å². The summed E-state index contributed by atoms with van der Waals surface area (Å²) in [7, 11) is 0. The van der Waals surface area contributed by atoms with E-state index >= 15 is 0 Å². The Bertz CT molecular complexity index is 458. The summed E-state index contributed by atoms with van der Waals surface area (Å²) in [6, 6.07) is 7.58. The molecule has 0 bridgehead atoms. The zero-order chi connectivity index (χ0) is 14.5. The van der Waals surface area contributed by atoms with Crippen LogP contribution < -0.4 is 5.32 Å². The fraction of sp³-hybridized carbons (Fsp3) is 0.533. The molecule has 1 atom stereocenters. The van der Waals surface area contributed by atoms with E-state index in [9.17, 15) is 4.79 Å². The molecular formula is C15H22ClN3O. The van der Waals surface area contributed by atoms with Gasteiger partial charge in [-0.1, -0.05) is 30.7 Å². The first-order chi connectivity index (χ1) is 9.60. The summed E-state index contributed by atoms with van der Waals surface area (Å²) in [6.45, 7) is 8.67. The van der Waals surface area contributed by atoms with Gasteiger partial charge in [-0.3, -0.25) is 0 Å². The lowest BCUT2D eigenvalue weighted by molar-refractivity contribution is 0.141. The van der Waals surface area contributed by atoms with Gasteiger partial charge < -0.3 is 15.1 Å². The highest BCUT2D eigenvalue weighted by molar-refractivity contribution is 6.30. The van der Waals surface area contributed by atoms with E-state index in [0.29, 0.717) is 5.02 Å². The van der Waals surface area contributed by atoms with Gasteiger partial charge in [-0.25, -0.2) is 4.79 Å². The molecule has 5 heteroatoms. The van der Waals surface area contributed by atoms with E-state index in [-0.39, 0.29) is 12.1 Å². The molecule has 1 unspecified atom stereocenters. The van der Waals surface area contributed by atoms with Gasteiger partial charge in [0.25, 0.3) is 0 Å². The molecule has 2 rings (SSSR count). The van der Waals surface area contributed by atoms with Crippen LogP contribution >= 0.6 is 11.6 Å². The number of hydrogen-bond acceptors (Lipinski definition) is 2. The van der Waals surface area contributed by atoms with Crippen LogP contribution in [0.15, 0.2) is 24.3 Å².